The number of rotatable bonds is 8. The number of halogens is 1. The number of hydrogen-bond donors (Lipinski definition) is 1. The number of carbonyl (C=O) groups excluding carboxylic acids is 1. The Kier molecular flexibility index (Phi) is 6.87. The molecule has 1 heterocycles. The smallest absolute Gasteiger partial charge is 0.224 e. The lowest BCUT2D eigenvalue weighted by atomic mass is 10.1. The van der Waals surface area contributed by atoms with Crippen molar-refractivity contribution in [2.45, 2.75) is 47.1 Å². The number of hydrogen-bond acceptors (Lipinski definition) is 3. The molecule has 0 fully saturated rings. The number of benzene rings is 2. The summed E-state index contributed by atoms with van der Waals surface area (Å²) in [6.07, 6.45) is 0.956. The van der Waals surface area contributed by atoms with Gasteiger partial charge in [0.1, 0.15) is 11.6 Å². The average molecular weight is 410 g/mol. The summed E-state index contributed by atoms with van der Waals surface area (Å²) < 4.78 is 21.2. The van der Waals surface area contributed by atoms with Gasteiger partial charge in [0.05, 0.1) is 11.4 Å². The van der Waals surface area contributed by atoms with Crippen LogP contribution in [0.3, 0.4) is 0 Å². The van der Waals surface area contributed by atoms with Crippen LogP contribution in [-0.4, -0.2) is 15.7 Å². The Morgan fingerprint density at radius 1 is 1.17 bits per heavy atom. The summed E-state index contributed by atoms with van der Waals surface area (Å²) >= 11 is 0. The highest BCUT2D eigenvalue weighted by atomic mass is 19.1. The lowest BCUT2D eigenvalue weighted by molar-refractivity contribution is -0.116. The third-order valence-corrected chi connectivity index (χ3v) is 4.86. The van der Waals surface area contributed by atoms with Gasteiger partial charge in [0.2, 0.25) is 5.91 Å². The monoisotopic (exact) mass is 409 g/mol. The molecule has 0 saturated carbocycles. The van der Waals surface area contributed by atoms with E-state index in [1.165, 1.54) is 12.1 Å². The molecule has 0 spiro atoms. The number of nitrogens with zero attached hydrogens (tertiary/aromatic N) is 2. The molecule has 0 atom stereocenters. The maximum atomic E-state index is 13.4. The molecular formula is C24H28FN3O2. The van der Waals surface area contributed by atoms with Gasteiger partial charge >= 0.3 is 0 Å². The second-order valence-corrected chi connectivity index (χ2v) is 7.83. The number of nitrogens with one attached hydrogen (secondary N) is 1. The SMILES string of the molecule is Cc1nn(CC(C)C)c(C)c1CCC(=O)Nc1ccccc1Oc1cccc(F)c1. The number of para-hydroxylation sites is 2. The molecule has 2 aromatic carbocycles. The molecule has 3 rings (SSSR count). The predicted octanol–water partition coefficient (Wildman–Crippen LogP) is 5.66. The maximum absolute atomic E-state index is 13.4. The van der Waals surface area contributed by atoms with Crippen LogP contribution in [0.15, 0.2) is 48.5 Å². The summed E-state index contributed by atoms with van der Waals surface area (Å²) in [5.74, 6) is 0.862. The summed E-state index contributed by atoms with van der Waals surface area (Å²) in [6, 6.07) is 13.0. The first-order valence-corrected chi connectivity index (χ1v) is 10.2. The van der Waals surface area contributed by atoms with Crippen molar-refractivity contribution in [3.05, 3.63) is 71.3 Å². The molecule has 30 heavy (non-hydrogen) atoms. The van der Waals surface area contributed by atoms with E-state index in [-0.39, 0.29) is 11.7 Å². The zero-order valence-corrected chi connectivity index (χ0v) is 17.9. The van der Waals surface area contributed by atoms with Crippen molar-refractivity contribution < 1.29 is 13.9 Å². The van der Waals surface area contributed by atoms with Crippen molar-refractivity contribution in [1.29, 1.82) is 0 Å². The zero-order chi connectivity index (χ0) is 21.7. The van der Waals surface area contributed by atoms with Gasteiger partial charge in [-0.25, -0.2) is 4.39 Å². The fraction of sp³-hybridized carbons (Fsp3) is 0.333. The molecule has 6 heteroatoms. The Bertz CT molecular complexity index is 1030. The Balaban J connectivity index is 1.65. The van der Waals surface area contributed by atoms with E-state index in [4.69, 9.17) is 4.74 Å². The van der Waals surface area contributed by atoms with E-state index >= 15 is 0 Å². The first-order valence-electron chi connectivity index (χ1n) is 10.2. The fourth-order valence-corrected chi connectivity index (χ4v) is 3.39. The molecule has 0 aliphatic heterocycles. The van der Waals surface area contributed by atoms with Crippen LogP contribution in [-0.2, 0) is 17.8 Å². The maximum Gasteiger partial charge on any atom is 0.224 e. The van der Waals surface area contributed by atoms with Gasteiger partial charge in [-0.15, -0.1) is 0 Å². The molecule has 5 nitrogen and oxygen atoms in total. The summed E-state index contributed by atoms with van der Waals surface area (Å²) in [5, 5.41) is 7.52. The number of aryl methyl sites for hydroxylation is 1. The normalized spacial score (nSPS) is 11.0. The quantitative estimate of drug-likeness (QED) is 0.522. The van der Waals surface area contributed by atoms with E-state index < -0.39 is 0 Å². The lowest BCUT2D eigenvalue weighted by Crippen LogP contribution is -2.13. The summed E-state index contributed by atoms with van der Waals surface area (Å²) in [7, 11) is 0. The molecule has 1 N–H and O–H groups in total. The van der Waals surface area contributed by atoms with Crippen LogP contribution >= 0.6 is 0 Å². The van der Waals surface area contributed by atoms with E-state index in [2.05, 4.69) is 31.2 Å². The summed E-state index contributed by atoms with van der Waals surface area (Å²) in [4.78, 5) is 12.6. The van der Waals surface area contributed by atoms with Gasteiger partial charge in [0, 0.05) is 24.7 Å². The molecule has 0 unspecified atom stereocenters. The van der Waals surface area contributed by atoms with Gasteiger partial charge < -0.3 is 10.1 Å². The minimum atomic E-state index is -0.377. The molecule has 0 aliphatic rings. The second-order valence-electron chi connectivity index (χ2n) is 7.83. The Morgan fingerprint density at radius 3 is 2.67 bits per heavy atom. The zero-order valence-electron chi connectivity index (χ0n) is 17.9. The molecule has 0 radical (unpaired) electrons. The molecule has 3 aromatic rings. The van der Waals surface area contributed by atoms with Gasteiger partial charge in [0.25, 0.3) is 0 Å². The largest absolute Gasteiger partial charge is 0.455 e. The second kappa shape index (κ2) is 9.57. The van der Waals surface area contributed by atoms with Crippen LogP contribution in [0.25, 0.3) is 0 Å². The number of carbonyl (C=O) groups is 1. The van der Waals surface area contributed by atoms with Crippen LogP contribution in [0.5, 0.6) is 11.5 Å². The van der Waals surface area contributed by atoms with Gasteiger partial charge in [-0.2, -0.15) is 5.10 Å². The third-order valence-electron chi connectivity index (χ3n) is 4.86. The molecule has 1 aromatic heterocycles. The number of anilines is 1. The van der Waals surface area contributed by atoms with E-state index in [1.807, 2.05) is 17.7 Å². The van der Waals surface area contributed by atoms with Crippen molar-refractivity contribution >= 4 is 11.6 Å². The molecule has 1 amide bonds. The summed E-state index contributed by atoms with van der Waals surface area (Å²) in [6.45, 7) is 9.22. The molecule has 158 valence electrons. The van der Waals surface area contributed by atoms with Crippen LogP contribution in [0, 0.1) is 25.6 Å². The lowest BCUT2D eigenvalue weighted by Gasteiger charge is -2.12. The number of aromatic nitrogens is 2. The van der Waals surface area contributed by atoms with E-state index in [1.54, 1.807) is 30.3 Å². The van der Waals surface area contributed by atoms with E-state index in [9.17, 15) is 9.18 Å². The average Bonchev–Trinajstić information content (AvgIpc) is 2.94. The Hall–Kier alpha value is -3.15. The molecule has 0 bridgehead atoms. The predicted molar refractivity (Wildman–Crippen MR) is 116 cm³/mol. The van der Waals surface area contributed by atoms with Crippen molar-refractivity contribution in [3.8, 4) is 11.5 Å². The fourth-order valence-electron chi connectivity index (χ4n) is 3.39. The van der Waals surface area contributed by atoms with Gasteiger partial charge in [-0.05, 0) is 56.0 Å². The first kappa shape index (κ1) is 21.6. The topological polar surface area (TPSA) is 56.2 Å². The minimum Gasteiger partial charge on any atom is -0.455 e. The van der Waals surface area contributed by atoms with Gasteiger partial charge in [0.15, 0.2) is 5.75 Å². The Labute approximate surface area is 176 Å². The highest BCUT2D eigenvalue weighted by Crippen LogP contribution is 2.29. The van der Waals surface area contributed by atoms with Crippen molar-refractivity contribution in [2.24, 2.45) is 5.92 Å². The summed E-state index contributed by atoms with van der Waals surface area (Å²) in [5.41, 5.74) is 3.76. The highest BCUT2D eigenvalue weighted by Gasteiger charge is 2.15. The molecular weight excluding hydrogens is 381 g/mol. The minimum absolute atomic E-state index is 0.110. The standard InChI is InChI=1S/C24H28FN3O2/c1-16(2)15-28-18(4)21(17(3)27-28)12-13-24(29)26-22-10-5-6-11-23(22)30-20-9-7-8-19(25)14-20/h5-11,14,16H,12-13,15H2,1-4H3,(H,26,29). The third kappa shape index (κ3) is 5.47. The molecule has 0 saturated heterocycles. The highest BCUT2D eigenvalue weighted by molar-refractivity contribution is 5.92. The van der Waals surface area contributed by atoms with Crippen molar-refractivity contribution in [2.75, 3.05) is 5.32 Å². The van der Waals surface area contributed by atoms with Crippen LogP contribution in [0.4, 0.5) is 10.1 Å². The van der Waals surface area contributed by atoms with E-state index in [0.29, 0.717) is 35.9 Å². The van der Waals surface area contributed by atoms with E-state index in [0.717, 1.165) is 23.5 Å². The van der Waals surface area contributed by atoms with Crippen LogP contribution < -0.4 is 10.1 Å². The van der Waals surface area contributed by atoms with Crippen molar-refractivity contribution in [1.82, 2.24) is 9.78 Å². The van der Waals surface area contributed by atoms with Crippen molar-refractivity contribution in [3.63, 3.8) is 0 Å². The van der Waals surface area contributed by atoms with Crippen LogP contribution in [0.2, 0.25) is 0 Å². The van der Waals surface area contributed by atoms with Gasteiger partial charge in [-0.3, -0.25) is 9.48 Å². The number of amides is 1. The number of ether oxygens (including phenoxy) is 1. The Morgan fingerprint density at radius 2 is 1.93 bits per heavy atom. The first-order chi connectivity index (χ1) is 14.3. The van der Waals surface area contributed by atoms with Crippen LogP contribution in [0.1, 0.15) is 37.2 Å². The van der Waals surface area contributed by atoms with Gasteiger partial charge in [-0.1, -0.05) is 32.0 Å². The molecule has 0 aliphatic carbocycles.